The zero-order valence-corrected chi connectivity index (χ0v) is 9.86. The molecule has 4 nitrogen and oxygen atoms in total. The van der Waals surface area contributed by atoms with Crippen molar-refractivity contribution in [1.82, 2.24) is 10.3 Å². The maximum atomic E-state index is 13.3. The Morgan fingerprint density at radius 2 is 1.74 bits per heavy atom. The molecule has 0 saturated carbocycles. The zero-order valence-electron chi connectivity index (χ0n) is 9.86. The van der Waals surface area contributed by atoms with Gasteiger partial charge in [0.2, 0.25) is 0 Å². The van der Waals surface area contributed by atoms with E-state index in [1.165, 1.54) is 18.5 Å². The van der Waals surface area contributed by atoms with Crippen molar-refractivity contribution in [3.8, 4) is 0 Å². The molecule has 19 heavy (non-hydrogen) atoms. The van der Waals surface area contributed by atoms with Crippen LogP contribution >= 0.6 is 0 Å². The van der Waals surface area contributed by atoms with Gasteiger partial charge in [-0.3, -0.25) is 4.98 Å². The van der Waals surface area contributed by atoms with Gasteiger partial charge in [-0.25, -0.2) is 13.6 Å². The van der Waals surface area contributed by atoms with Crippen LogP contribution in [0.25, 0.3) is 0 Å². The molecule has 1 aromatic heterocycles. The third-order valence-electron chi connectivity index (χ3n) is 2.43. The second-order valence-electron chi connectivity index (χ2n) is 3.74. The second kappa shape index (κ2) is 5.90. The molecule has 0 aliphatic carbocycles. The number of carbonyl (C=O) groups excluding carboxylic acids is 1. The summed E-state index contributed by atoms with van der Waals surface area (Å²) in [6.07, 6.45) is 3.04. The predicted molar refractivity (Wildman–Crippen MR) is 66.5 cm³/mol. The number of pyridine rings is 1. The van der Waals surface area contributed by atoms with E-state index in [0.29, 0.717) is 5.69 Å². The molecule has 0 fully saturated rings. The minimum absolute atomic E-state index is 0.174. The normalized spacial score (nSPS) is 10.0. The van der Waals surface area contributed by atoms with Crippen LogP contribution in [0, 0.1) is 11.6 Å². The van der Waals surface area contributed by atoms with Gasteiger partial charge in [-0.1, -0.05) is 6.07 Å². The molecule has 98 valence electrons. The first kappa shape index (κ1) is 12.9. The number of carbonyl (C=O) groups is 1. The van der Waals surface area contributed by atoms with E-state index < -0.39 is 17.7 Å². The topological polar surface area (TPSA) is 54.0 Å². The Hall–Kier alpha value is -2.50. The van der Waals surface area contributed by atoms with Crippen LogP contribution < -0.4 is 10.6 Å². The molecule has 6 heteroatoms. The third-order valence-corrected chi connectivity index (χ3v) is 2.43. The number of hydrogen-bond acceptors (Lipinski definition) is 2. The molecule has 2 rings (SSSR count). The van der Waals surface area contributed by atoms with E-state index in [2.05, 4.69) is 15.6 Å². The molecule has 0 spiro atoms. The summed E-state index contributed by atoms with van der Waals surface area (Å²) < 4.78 is 26.6. The zero-order chi connectivity index (χ0) is 13.7. The molecule has 2 amide bonds. The third kappa shape index (κ3) is 3.48. The standard InChI is InChI=1S/C13H11F2N3O/c14-11-2-1-3-12(15)10(11)8-17-13(19)18-9-4-6-16-7-5-9/h1-7H,8H2,(H2,16,17,18,19). The van der Waals surface area contributed by atoms with E-state index in [0.717, 1.165) is 12.1 Å². The Labute approximate surface area is 108 Å². The number of nitrogens with one attached hydrogen (secondary N) is 2. The van der Waals surface area contributed by atoms with Gasteiger partial charge in [0, 0.05) is 23.6 Å². The minimum Gasteiger partial charge on any atom is -0.334 e. The fraction of sp³-hybridized carbons (Fsp3) is 0.0769. The largest absolute Gasteiger partial charge is 0.334 e. The van der Waals surface area contributed by atoms with Gasteiger partial charge >= 0.3 is 6.03 Å². The highest BCUT2D eigenvalue weighted by molar-refractivity contribution is 5.88. The van der Waals surface area contributed by atoms with Gasteiger partial charge in [-0.05, 0) is 24.3 Å². The number of rotatable bonds is 3. The first-order valence-electron chi connectivity index (χ1n) is 5.54. The summed E-state index contributed by atoms with van der Waals surface area (Å²) in [4.78, 5) is 15.3. The maximum Gasteiger partial charge on any atom is 0.319 e. The first-order chi connectivity index (χ1) is 9.16. The van der Waals surface area contributed by atoms with E-state index in [-0.39, 0.29) is 12.1 Å². The highest BCUT2D eigenvalue weighted by Gasteiger charge is 2.09. The molecule has 0 radical (unpaired) electrons. The van der Waals surface area contributed by atoms with Crippen molar-refractivity contribution in [3.63, 3.8) is 0 Å². The minimum atomic E-state index is -0.691. The molecule has 0 bridgehead atoms. The summed E-state index contributed by atoms with van der Waals surface area (Å²) in [5.74, 6) is -1.38. The second-order valence-corrected chi connectivity index (χ2v) is 3.74. The van der Waals surface area contributed by atoms with Gasteiger partial charge in [-0.15, -0.1) is 0 Å². The number of halogens is 2. The van der Waals surface area contributed by atoms with Gasteiger partial charge in [0.15, 0.2) is 0 Å². The fourth-order valence-corrected chi connectivity index (χ4v) is 1.48. The fourth-order valence-electron chi connectivity index (χ4n) is 1.48. The number of nitrogens with zero attached hydrogens (tertiary/aromatic N) is 1. The Bertz CT molecular complexity index is 555. The molecule has 0 unspecified atom stereocenters. The Balaban J connectivity index is 1.94. The van der Waals surface area contributed by atoms with Crippen LogP contribution in [0.2, 0.25) is 0 Å². The van der Waals surface area contributed by atoms with Crippen LogP contribution in [0.3, 0.4) is 0 Å². The molecule has 0 atom stereocenters. The van der Waals surface area contributed by atoms with Crippen LogP contribution in [-0.2, 0) is 6.54 Å². The van der Waals surface area contributed by atoms with Crippen molar-refractivity contribution in [1.29, 1.82) is 0 Å². The van der Waals surface area contributed by atoms with E-state index >= 15 is 0 Å². The number of benzene rings is 1. The predicted octanol–water partition coefficient (Wildman–Crippen LogP) is 2.68. The van der Waals surface area contributed by atoms with Crippen LogP contribution in [-0.4, -0.2) is 11.0 Å². The summed E-state index contributed by atoms with van der Waals surface area (Å²) in [5.41, 5.74) is 0.369. The number of aromatic nitrogens is 1. The highest BCUT2D eigenvalue weighted by atomic mass is 19.1. The van der Waals surface area contributed by atoms with Crippen molar-refractivity contribution < 1.29 is 13.6 Å². The highest BCUT2D eigenvalue weighted by Crippen LogP contribution is 2.11. The monoisotopic (exact) mass is 263 g/mol. The van der Waals surface area contributed by atoms with Crippen molar-refractivity contribution in [3.05, 3.63) is 59.9 Å². The molecule has 1 heterocycles. The van der Waals surface area contributed by atoms with E-state index in [9.17, 15) is 13.6 Å². The molecule has 1 aromatic carbocycles. The lowest BCUT2D eigenvalue weighted by Gasteiger charge is -2.08. The van der Waals surface area contributed by atoms with Gasteiger partial charge in [0.1, 0.15) is 11.6 Å². The van der Waals surface area contributed by atoms with Gasteiger partial charge < -0.3 is 10.6 Å². The Morgan fingerprint density at radius 1 is 1.11 bits per heavy atom. The number of urea groups is 1. The van der Waals surface area contributed by atoms with Gasteiger partial charge in [0.25, 0.3) is 0 Å². The number of amides is 2. The summed E-state index contributed by atoms with van der Waals surface area (Å²) >= 11 is 0. The Morgan fingerprint density at radius 3 is 2.37 bits per heavy atom. The molecule has 0 aliphatic rings. The average Bonchev–Trinajstić information content (AvgIpc) is 2.39. The van der Waals surface area contributed by atoms with Gasteiger partial charge in [-0.2, -0.15) is 0 Å². The van der Waals surface area contributed by atoms with E-state index in [1.54, 1.807) is 12.1 Å². The molecular weight excluding hydrogens is 252 g/mol. The quantitative estimate of drug-likeness (QED) is 0.894. The molecule has 0 saturated heterocycles. The van der Waals surface area contributed by atoms with Crippen molar-refractivity contribution in [2.75, 3.05) is 5.32 Å². The lowest BCUT2D eigenvalue weighted by atomic mass is 10.2. The van der Waals surface area contributed by atoms with Gasteiger partial charge in [0.05, 0.1) is 6.54 Å². The smallest absolute Gasteiger partial charge is 0.319 e. The summed E-state index contributed by atoms with van der Waals surface area (Å²) in [6, 6.07) is 6.20. The van der Waals surface area contributed by atoms with Crippen LogP contribution in [0.5, 0.6) is 0 Å². The Kier molecular flexibility index (Phi) is 4.02. The van der Waals surface area contributed by atoms with Crippen molar-refractivity contribution >= 4 is 11.7 Å². The van der Waals surface area contributed by atoms with Crippen molar-refractivity contribution in [2.24, 2.45) is 0 Å². The first-order valence-corrected chi connectivity index (χ1v) is 5.54. The number of hydrogen-bond donors (Lipinski definition) is 2. The summed E-state index contributed by atoms with van der Waals surface area (Å²) in [7, 11) is 0. The van der Waals surface area contributed by atoms with Crippen molar-refractivity contribution in [2.45, 2.75) is 6.54 Å². The maximum absolute atomic E-state index is 13.3. The average molecular weight is 263 g/mol. The lowest BCUT2D eigenvalue weighted by molar-refractivity contribution is 0.251. The molecule has 2 aromatic rings. The molecule has 2 N–H and O–H groups in total. The summed E-state index contributed by atoms with van der Waals surface area (Å²) in [5, 5.41) is 4.89. The molecular formula is C13H11F2N3O. The SMILES string of the molecule is O=C(NCc1c(F)cccc1F)Nc1ccncc1. The summed E-state index contributed by atoms with van der Waals surface area (Å²) in [6.45, 7) is -0.227. The van der Waals surface area contributed by atoms with E-state index in [1.807, 2.05) is 0 Å². The van der Waals surface area contributed by atoms with E-state index in [4.69, 9.17) is 0 Å². The van der Waals surface area contributed by atoms with Crippen LogP contribution in [0.4, 0.5) is 19.3 Å². The van der Waals surface area contributed by atoms with Crippen LogP contribution in [0.15, 0.2) is 42.7 Å². The number of anilines is 1. The lowest BCUT2D eigenvalue weighted by Crippen LogP contribution is -2.28. The molecule has 0 aliphatic heterocycles. The van der Waals surface area contributed by atoms with Crippen LogP contribution in [0.1, 0.15) is 5.56 Å².